The summed E-state index contributed by atoms with van der Waals surface area (Å²) in [5.41, 5.74) is 5.11. The van der Waals surface area contributed by atoms with Crippen LogP contribution in [0, 0.1) is 35.5 Å². The van der Waals surface area contributed by atoms with Crippen LogP contribution in [0.1, 0.15) is 66.2 Å². The molecule has 156 valence electrons. The van der Waals surface area contributed by atoms with Crippen LogP contribution in [-0.4, -0.2) is 22.8 Å². The van der Waals surface area contributed by atoms with E-state index in [9.17, 15) is 9.59 Å². The molecule has 0 spiro atoms. The Labute approximate surface area is 182 Å². The van der Waals surface area contributed by atoms with E-state index in [1.807, 2.05) is 4.90 Å². The van der Waals surface area contributed by atoms with E-state index in [1.165, 1.54) is 54.4 Å². The average molecular weight is 410 g/mol. The van der Waals surface area contributed by atoms with Crippen LogP contribution in [0.25, 0.3) is 0 Å². The van der Waals surface area contributed by atoms with Crippen molar-refractivity contribution < 1.29 is 9.59 Å². The number of carbonyl (C=O) groups is 2. The molecule has 4 saturated carbocycles. The van der Waals surface area contributed by atoms with Crippen LogP contribution >= 0.6 is 0 Å². The Bertz CT molecular complexity index is 1010. The first-order chi connectivity index (χ1) is 15.2. The fraction of sp³-hybridized carbons (Fsp3) is 0.500. The second-order valence-electron chi connectivity index (χ2n) is 11.2. The summed E-state index contributed by atoms with van der Waals surface area (Å²) >= 11 is 0. The Morgan fingerprint density at radius 2 is 0.968 bits per heavy atom. The Morgan fingerprint density at radius 1 is 0.581 bits per heavy atom. The smallest absolute Gasteiger partial charge is 0.234 e. The minimum Gasteiger partial charge on any atom is -0.278 e. The maximum absolute atomic E-state index is 14.1. The van der Waals surface area contributed by atoms with E-state index in [0.29, 0.717) is 11.8 Å². The highest BCUT2D eigenvalue weighted by molar-refractivity contribution is 6.08. The minimum absolute atomic E-state index is 0.0284. The van der Waals surface area contributed by atoms with Gasteiger partial charge in [-0.05, 0) is 78.0 Å². The Balaban J connectivity index is 1.27. The maximum Gasteiger partial charge on any atom is 0.234 e. The maximum atomic E-state index is 14.1. The van der Waals surface area contributed by atoms with E-state index in [1.54, 1.807) is 0 Å². The van der Waals surface area contributed by atoms with Crippen LogP contribution in [0.15, 0.2) is 48.5 Å². The van der Waals surface area contributed by atoms with Crippen molar-refractivity contribution in [2.45, 2.75) is 50.0 Å². The third kappa shape index (κ3) is 1.98. The van der Waals surface area contributed by atoms with E-state index in [4.69, 9.17) is 0 Å². The average Bonchev–Trinajstić information content (AvgIpc) is 3.04. The zero-order chi connectivity index (χ0) is 20.4. The third-order valence-electron chi connectivity index (χ3n) is 9.96. The van der Waals surface area contributed by atoms with E-state index in [-0.39, 0.29) is 41.5 Å². The Morgan fingerprint density at radius 3 is 1.35 bits per heavy atom. The summed E-state index contributed by atoms with van der Waals surface area (Å²) in [5.74, 6) is 2.72. The molecule has 0 N–H and O–H groups in total. The molecule has 3 heteroatoms. The molecule has 0 radical (unpaired) electrons. The van der Waals surface area contributed by atoms with Crippen molar-refractivity contribution in [3.05, 3.63) is 70.8 Å². The zero-order valence-corrected chi connectivity index (χ0v) is 17.6. The number of carbonyl (C=O) groups excluding carboxylic acids is 2. The number of hydrogen-bond donors (Lipinski definition) is 0. The van der Waals surface area contributed by atoms with Gasteiger partial charge in [0, 0.05) is 17.9 Å². The predicted molar refractivity (Wildman–Crippen MR) is 116 cm³/mol. The van der Waals surface area contributed by atoms with Crippen molar-refractivity contribution in [2.75, 3.05) is 0 Å². The van der Waals surface area contributed by atoms with Crippen LogP contribution < -0.4 is 0 Å². The summed E-state index contributed by atoms with van der Waals surface area (Å²) in [4.78, 5) is 30.0. The second-order valence-corrected chi connectivity index (χ2v) is 11.2. The van der Waals surface area contributed by atoms with E-state index < -0.39 is 0 Å². The van der Waals surface area contributed by atoms with Crippen molar-refractivity contribution in [3.8, 4) is 0 Å². The van der Waals surface area contributed by atoms with Gasteiger partial charge in [-0.1, -0.05) is 48.5 Å². The van der Waals surface area contributed by atoms with Gasteiger partial charge in [-0.2, -0.15) is 0 Å². The van der Waals surface area contributed by atoms with Gasteiger partial charge in [0.1, 0.15) is 0 Å². The molecule has 2 aromatic carbocycles. The first kappa shape index (κ1) is 17.2. The molecule has 6 bridgehead atoms. The first-order valence-corrected chi connectivity index (χ1v) is 12.2. The summed E-state index contributed by atoms with van der Waals surface area (Å²) in [6.07, 6.45) is 6.32. The molecule has 1 heterocycles. The summed E-state index contributed by atoms with van der Waals surface area (Å²) < 4.78 is 0. The highest BCUT2D eigenvalue weighted by atomic mass is 16.2. The molecule has 5 fully saturated rings. The number of rotatable bonds is 1. The summed E-state index contributed by atoms with van der Waals surface area (Å²) in [5, 5.41) is 0. The van der Waals surface area contributed by atoms with Crippen molar-refractivity contribution in [3.63, 3.8) is 0 Å². The second kappa shape index (κ2) is 5.68. The molecule has 2 aromatic rings. The summed E-state index contributed by atoms with van der Waals surface area (Å²) in [7, 11) is 0. The van der Waals surface area contributed by atoms with E-state index in [0.717, 1.165) is 11.8 Å². The molecule has 2 amide bonds. The van der Waals surface area contributed by atoms with Gasteiger partial charge in [0.05, 0.1) is 11.8 Å². The lowest BCUT2D eigenvalue weighted by molar-refractivity contribution is -0.153. The van der Waals surface area contributed by atoms with Crippen LogP contribution in [0.5, 0.6) is 0 Å². The number of benzene rings is 2. The van der Waals surface area contributed by atoms with Crippen LogP contribution in [-0.2, 0) is 9.59 Å². The number of amides is 2. The van der Waals surface area contributed by atoms with Gasteiger partial charge < -0.3 is 0 Å². The quantitative estimate of drug-likeness (QED) is 0.640. The van der Waals surface area contributed by atoms with Gasteiger partial charge in [0.2, 0.25) is 11.8 Å². The topological polar surface area (TPSA) is 37.4 Å². The van der Waals surface area contributed by atoms with Gasteiger partial charge >= 0.3 is 0 Å². The van der Waals surface area contributed by atoms with Gasteiger partial charge in [-0.25, -0.2) is 0 Å². The molecule has 0 aromatic heterocycles. The molecule has 8 aliphatic rings. The zero-order valence-electron chi connectivity index (χ0n) is 17.6. The third-order valence-corrected chi connectivity index (χ3v) is 9.96. The van der Waals surface area contributed by atoms with Crippen LogP contribution in [0.2, 0.25) is 0 Å². The van der Waals surface area contributed by atoms with E-state index in [2.05, 4.69) is 48.5 Å². The van der Waals surface area contributed by atoms with Crippen molar-refractivity contribution >= 4 is 11.8 Å². The molecule has 10 rings (SSSR count). The van der Waals surface area contributed by atoms with E-state index >= 15 is 0 Å². The molecule has 3 nitrogen and oxygen atoms in total. The van der Waals surface area contributed by atoms with Gasteiger partial charge in [-0.15, -0.1) is 0 Å². The first-order valence-electron chi connectivity index (χ1n) is 12.2. The largest absolute Gasteiger partial charge is 0.278 e. The molecular formula is C28H27NO2. The standard InChI is InChI=1S/C28H27NO2/c30-27-24-22-18-5-1-2-6-19(18)23(21-8-4-3-7-20(21)22)25(24)28(31)29(27)26-16-10-14-9-15(12-16)13-17(26)11-14/h1-8,14-17,22-26H,9-13H2/t14?,15?,16?,17?,22?,23?,24-,25-,26?/m0/s1. The van der Waals surface area contributed by atoms with Gasteiger partial charge in [0.25, 0.3) is 0 Å². The number of hydrogen-bond acceptors (Lipinski definition) is 2. The fourth-order valence-electron chi connectivity index (χ4n) is 9.31. The van der Waals surface area contributed by atoms with Crippen molar-refractivity contribution in [2.24, 2.45) is 35.5 Å². The molecular weight excluding hydrogens is 382 g/mol. The van der Waals surface area contributed by atoms with Gasteiger partial charge in [-0.3, -0.25) is 14.5 Å². The molecule has 2 atom stereocenters. The van der Waals surface area contributed by atoms with Crippen molar-refractivity contribution in [1.82, 2.24) is 4.90 Å². The lowest BCUT2D eigenvalue weighted by atomic mass is 9.54. The van der Waals surface area contributed by atoms with Gasteiger partial charge in [0.15, 0.2) is 0 Å². The lowest BCUT2D eigenvalue weighted by Gasteiger charge is -2.56. The lowest BCUT2D eigenvalue weighted by Crippen LogP contribution is -2.57. The molecule has 0 unspecified atom stereocenters. The molecule has 7 aliphatic carbocycles. The normalized spacial score (nSPS) is 43.2. The predicted octanol–water partition coefficient (Wildman–Crippen LogP) is 4.70. The molecule has 1 saturated heterocycles. The number of imide groups is 1. The van der Waals surface area contributed by atoms with Crippen LogP contribution in [0.3, 0.4) is 0 Å². The Kier molecular flexibility index (Phi) is 3.15. The highest BCUT2D eigenvalue weighted by Gasteiger charge is 2.64. The Hall–Kier alpha value is -2.42. The highest BCUT2D eigenvalue weighted by Crippen LogP contribution is 2.63. The van der Waals surface area contributed by atoms with Crippen molar-refractivity contribution in [1.29, 1.82) is 0 Å². The minimum atomic E-state index is -0.209. The number of nitrogens with zero attached hydrogens (tertiary/aromatic N) is 1. The summed E-state index contributed by atoms with van der Waals surface area (Å²) in [6, 6.07) is 17.3. The van der Waals surface area contributed by atoms with Crippen LogP contribution in [0.4, 0.5) is 0 Å². The monoisotopic (exact) mass is 409 g/mol. The molecule has 31 heavy (non-hydrogen) atoms. The SMILES string of the molecule is O=C1[C@H]2C3c4ccccc4C(c4ccccc43)[C@@H]2C(=O)N1C1C2CC3CC(C2)CC1C3. The summed E-state index contributed by atoms with van der Waals surface area (Å²) in [6.45, 7) is 0. The number of likely N-dealkylation sites (tertiary alicyclic amines) is 1. The molecule has 1 aliphatic heterocycles. The fourth-order valence-corrected chi connectivity index (χ4v) is 9.31.